The number of fused-ring (bicyclic) bond motifs is 2. The van der Waals surface area contributed by atoms with Gasteiger partial charge in [0, 0.05) is 23.7 Å². The first-order valence-corrected chi connectivity index (χ1v) is 7.22. The molecule has 1 N–H and O–H groups in total. The Morgan fingerprint density at radius 3 is 2.52 bits per heavy atom. The molecule has 0 fully saturated rings. The summed E-state index contributed by atoms with van der Waals surface area (Å²) in [6.07, 6.45) is -3.58. The Kier molecular flexibility index (Phi) is 3.25. The Hall–Kier alpha value is -2.05. The summed E-state index contributed by atoms with van der Waals surface area (Å²) in [5.41, 5.74) is -1.51. The molecule has 1 aromatic carbocycles. The van der Waals surface area contributed by atoms with Crippen LogP contribution >= 0.6 is 0 Å². The molecule has 0 atom stereocenters. The third-order valence-corrected chi connectivity index (χ3v) is 4.34. The molecule has 1 aliphatic rings. The predicted octanol–water partition coefficient (Wildman–Crippen LogP) is 3.83. The van der Waals surface area contributed by atoms with Crippen molar-refractivity contribution >= 4 is 16.6 Å². The molecule has 124 valence electrons. The van der Waals surface area contributed by atoms with E-state index < -0.39 is 23.1 Å². The van der Waals surface area contributed by atoms with Gasteiger partial charge >= 0.3 is 6.18 Å². The lowest BCUT2D eigenvalue weighted by molar-refractivity contribution is -0.138. The second kappa shape index (κ2) is 4.72. The first-order valence-electron chi connectivity index (χ1n) is 7.22. The molecule has 0 spiro atoms. The normalized spacial score (nSPS) is 17.0. The second-order valence-electron chi connectivity index (χ2n) is 6.59. The molecule has 0 aliphatic carbocycles. The summed E-state index contributed by atoms with van der Waals surface area (Å²) in [5.74, 6) is -1.75. The maximum Gasteiger partial charge on any atom is 0.420 e. The van der Waals surface area contributed by atoms with Gasteiger partial charge in [-0.1, -0.05) is 0 Å². The SMILES string of the molecule is Cn1c(=O)c(F)c(C(F)(F)F)c2cc3c(cc21)NC(C)(C)CC3. The number of aryl methyl sites for hydroxylation is 2. The maximum absolute atomic E-state index is 14.0. The zero-order valence-electron chi connectivity index (χ0n) is 12.9. The van der Waals surface area contributed by atoms with E-state index in [4.69, 9.17) is 0 Å². The number of aromatic nitrogens is 1. The van der Waals surface area contributed by atoms with Gasteiger partial charge in [0.05, 0.1) is 5.52 Å². The van der Waals surface area contributed by atoms with E-state index in [1.807, 2.05) is 13.8 Å². The molecule has 0 saturated heterocycles. The summed E-state index contributed by atoms with van der Waals surface area (Å²) in [6.45, 7) is 3.98. The van der Waals surface area contributed by atoms with Crippen LogP contribution in [0.2, 0.25) is 0 Å². The highest BCUT2D eigenvalue weighted by Gasteiger charge is 2.39. The van der Waals surface area contributed by atoms with Crippen LogP contribution < -0.4 is 10.9 Å². The Morgan fingerprint density at radius 2 is 1.91 bits per heavy atom. The highest BCUT2D eigenvalue weighted by atomic mass is 19.4. The highest BCUT2D eigenvalue weighted by Crippen LogP contribution is 2.39. The zero-order valence-corrected chi connectivity index (χ0v) is 12.9. The molecule has 0 saturated carbocycles. The van der Waals surface area contributed by atoms with Crippen molar-refractivity contribution < 1.29 is 17.6 Å². The zero-order chi connectivity index (χ0) is 17.2. The monoisotopic (exact) mass is 328 g/mol. The van der Waals surface area contributed by atoms with E-state index in [9.17, 15) is 22.4 Å². The number of halogens is 4. The van der Waals surface area contributed by atoms with Gasteiger partial charge in [-0.25, -0.2) is 4.39 Å². The molecule has 23 heavy (non-hydrogen) atoms. The number of anilines is 1. The van der Waals surface area contributed by atoms with Gasteiger partial charge < -0.3 is 9.88 Å². The van der Waals surface area contributed by atoms with Gasteiger partial charge in [0.2, 0.25) is 5.82 Å². The second-order valence-corrected chi connectivity index (χ2v) is 6.59. The summed E-state index contributed by atoms with van der Waals surface area (Å²) in [5, 5.41) is 2.98. The number of benzene rings is 1. The lowest BCUT2D eigenvalue weighted by atomic mass is 9.88. The molecular weight excluding hydrogens is 312 g/mol. The summed E-state index contributed by atoms with van der Waals surface area (Å²) >= 11 is 0. The van der Waals surface area contributed by atoms with Crippen molar-refractivity contribution in [1.29, 1.82) is 0 Å². The van der Waals surface area contributed by atoms with E-state index in [-0.39, 0.29) is 16.4 Å². The fourth-order valence-electron chi connectivity index (χ4n) is 3.07. The highest BCUT2D eigenvalue weighted by molar-refractivity contribution is 5.88. The van der Waals surface area contributed by atoms with Crippen LogP contribution in [0.25, 0.3) is 10.9 Å². The number of nitrogens with one attached hydrogen (secondary N) is 1. The van der Waals surface area contributed by atoms with Crippen molar-refractivity contribution in [2.75, 3.05) is 5.32 Å². The minimum atomic E-state index is -4.93. The average Bonchev–Trinajstić information content (AvgIpc) is 2.42. The standard InChI is InChI=1S/C16H16F4N2O/c1-15(2)5-4-8-6-9-11(7-10(8)21-15)22(3)14(23)13(17)12(9)16(18,19)20/h6-7,21H,4-5H2,1-3H3. The van der Waals surface area contributed by atoms with Crippen LogP contribution in [0.1, 0.15) is 31.4 Å². The Labute approximate surface area is 129 Å². The molecule has 3 nitrogen and oxygen atoms in total. The number of pyridine rings is 1. The number of alkyl halides is 3. The molecule has 0 bridgehead atoms. The van der Waals surface area contributed by atoms with Crippen LogP contribution in [0, 0.1) is 5.82 Å². The number of rotatable bonds is 0. The minimum absolute atomic E-state index is 0.0627. The largest absolute Gasteiger partial charge is 0.420 e. The van der Waals surface area contributed by atoms with E-state index in [0.29, 0.717) is 17.7 Å². The van der Waals surface area contributed by atoms with Gasteiger partial charge in [-0.05, 0) is 44.4 Å². The fourth-order valence-corrected chi connectivity index (χ4v) is 3.07. The van der Waals surface area contributed by atoms with E-state index in [1.54, 1.807) is 0 Å². The van der Waals surface area contributed by atoms with Crippen LogP contribution in [0.15, 0.2) is 16.9 Å². The first-order chi connectivity index (χ1) is 10.5. The average molecular weight is 328 g/mol. The van der Waals surface area contributed by atoms with E-state index in [0.717, 1.165) is 11.0 Å². The number of nitrogens with zero attached hydrogens (tertiary/aromatic N) is 1. The van der Waals surface area contributed by atoms with E-state index in [1.165, 1.54) is 19.2 Å². The third-order valence-electron chi connectivity index (χ3n) is 4.34. The van der Waals surface area contributed by atoms with Gasteiger partial charge in [0.15, 0.2) is 0 Å². The summed E-state index contributed by atoms with van der Waals surface area (Å²) < 4.78 is 54.6. The van der Waals surface area contributed by atoms with Crippen LogP contribution in [0.3, 0.4) is 0 Å². The van der Waals surface area contributed by atoms with Crippen LogP contribution in [-0.2, 0) is 19.6 Å². The van der Waals surface area contributed by atoms with Crippen LogP contribution in [-0.4, -0.2) is 10.1 Å². The Bertz CT molecular complexity index is 865. The first kappa shape index (κ1) is 15.8. The van der Waals surface area contributed by atoms with Gasteiger partial charge in [-0.2, -0.15) is 13.2 Å². The fraction of sp³-hybridized carbons (Fsp3) is 0.438. The van der Waals surface area contributed by atoms with E-state index >= 15 is 0 Å². The van der Waals surface area contributed by atoms with Gasteiger partial charge in [0.25, 0.3) is 5.56 Å². The van der Waals surface area contributed by atoms with Crippen molar-refractivity contribution in [3.05, 3.63) is 39.4 Å². The summed E-state index contributed by atoms with van der Waals surface area (Å²) in [6, 6.07) is 2.85. The van der Waals surface area contributed by atoms with Crippen LogP contribution in [0.4, 0.5) is 23.2 Å². The lowest BCUT2D eigenvalue weighted by Gasteiger charge is -2.34. The molecule has 1 aromatic heterocycles. The van der Waals surface area contributed by atoms with Crippen molar-refractivity contribution in [3.8, 4) is 0 Å². The molecule has 3 rings (SSSR count). The van der Waals surface area contributed by atoms with Crippen molar-refractivity contribution in [3.63, 3.8) is 0 Å². The topological polar surface area (TPSA) is 34.0 Å². The van der Waals surface area contributed by atoms with Crippen LogP contribution in [0.5, 0.6) is 0 Å². The Morgan fingerprint density at radius 1 is 1.26 bits per heavy atom. The molecule has 0 radical (unpaired) electrons. The van der Waals surface area contributed by atoms with Gasteiger partial charge in [-0.15, -0.1) is 0 Å². The number of hydrogen-bond acceptors (Lipinski definition) is 2. The van der Waals surface area contributed by atoms with Gasteiger partial charge in [0.1, 0.15) is 5.56 Å². The predicted molar refractivity (Wildman–Crippen MR) is 80.2 cm³/mol. The maximum atomic E-state index is 14.0. The summed E-state index contributed by atoms with van der Waals surface area (Å²) in [7, 11) is 1.27. The lowest BCUT2D eigenvalue weighted by Crippen LogP contribution is -2.35. The quantitative estimate of drug-likeness (QED) is 0.746. The smallest absolute Gasteiger partial charge is 0.380 e. The minimum Gasteiger partial charge on any atom is -0.380 e. The van der Waals surface area contributed by atoms with Gasteiger partial charge in [-0.3, -0.25) is 4.79 Å². The molecule has 1 aliphatic heterocycles. The number of hydrogen-bond donors (Lipinski definition) is 1. The molecule has 7 heteroatoms. The van der Waals surface area contributed by atoms with Crippen molar-refractivity contribution in [1.82, 2.24) is 4.57 Å². The third kappa shape index (κ3) is 2.48. The molecule has 2 aromatic rings. The van der Waals surface area contributed by atoms with Crippen molar-refractivity contribution in [2.45, 2.75) is 38.4 Å². The molecule has 2 heterocycles. The molecule has 0 amide bonds. The van der Waals surface area contributed by atoms with Crippen molar-refractivity contribution in [2.24, 2.45) is 7.05 Å². The molecule has 0 unspecified atom stereocenters. The summed E-state index contributed by atoms with van der Waals surface area (Å²) in [4.78, 5) is 11.8. The Balaban J connectivity index is 2.41. The molecular formula is C16H16F4N2O. The van der Waals surface area contributed by atoms with E-state index in [2.05, 4.69) is 5.32 Å².